The summed E-state index contributed by atoms with van der Waals surface area (Å²) in [4.78, 5) is 0. The molecule has 1 rings (SSSR count). The first-order valence-corrected chi connectivity index (χ1v) is 5.10. The number of nitrogens with two attached hydrogens (primary N) is 1. The van der Waals surface area contributed by atoms with E-state index in [1.165, 1.54) is 22.3 Å². The van der Waals surface area contributed by atoms with Gasteiger partial charge in [-0.25, -0.2) is 0 Å². The molecule has 1 aromatic carbocycles. The highest BCUT2D eigenvalue weighted by Gasteiger charge is 2.04. The Kier molecular flexibility index (Phi) is 3.34. The second kappa shape index (κ2) is 4.32. The van der Waals surface area contributed by atoms with Gasteiger partial charge >= 0.3 is 0 Å². The van der Waals surface area contributed by atoms with Crippen LogP contribution in [-0.2, 0) is 0 Å². The number of aryl methyl sites for hydroxylation is 2. The van der Waals surface area contributed by atoms with Crippen LogP contribution in [0.4, 0.5) is 5.69 Å². The molecule has 0 saturated heterocycles. The minimum Gasteiger partial charge on any atom is -0.398 e. The van der Waals surface area contributed by atoms with Crippen LogP contribution in [0.5, 0.6) is 0 Å². The molecule has 0 heterocycles. The third kappa shape index (κ3) is 2.16. The van der Waals surface area contributed by atoms with Crippen LogP contribution in [0.25, 0.3) is 5.57 Å². The zero-order valence-corrected chi connectivity index (χ0v) is 9.52. The summed E-state index contributed by atoms with van der Waals surface area (Å²) >= 11 is 0. The molecule has 0 amide bonds. The highest BCUT2D eigenvalue weighted by atomic mass is 14.6. The number of anilines is 1. The summed E-state index contributed by atoms with van der Waals surface area (Å²) in [6, 6.07) is 4.28. The van der Waals surface area contributed by atoms with E-state index in [0.717, 1.165) is 12.1 Å². The van der Waals surface area contributed by atoms with E-state index >= 15 is 0 Å². The Labute approximate surface area is 86.6 Å². The Morgan fingerprint density at radius 2 is 2.00 bits per heavy atom. The summed E-state index contributed by atoms with van der Waals surface area (Å²) in [5.41, 5.74) is 11.9. The van der Waals surface area contributed by atoms with Crippen molar-refractivity contribution in [2.75, 3.05) is 5.73 Å². The summed E-state index contributed by atoms with van der Waals surface area (Å²) in [6.45, 7) is 8.43. The average Bonchev–Trinajstić information content (AvgIpc) is 2.11. The number of benzene rings is 1. The maximum absolute atomic E-state index is 6.04. The maximum atomic E-state index is 6.04. The number of rotatable bonds is 2. The Morgan fingerprint density at radius 3 is 2.57 bits per heavy atom. The van der Waals surface area contributed by atoms with E-state index in [-0.39, 0.29) is 0 Å². The van der Waals surface area contributed by atoms with Crippen LogP contribution in [0.15, 0.2) is 18.2 Å². The fourth-order valence-electron chi connectivity index (χ4n) is 1.72. The molecule has 0 unspecified atom stereocenters. The van der Waals surface area contributed by atoms with Gasteiger partial charge in [0, 0.05) is 11.3 Å². The number of hydrogen-bond donors (Lipinski definition) is 1. The molecule has 1 heteroatoms. The van der Waals surface area contributed by atoms with Crippen molar-refractivity contribution in [3.8, 4) is 0 Å². The highest BCUT2D eigenvalue weighted by Crippen LogP contribution is 2.26. The molecule has 1 nitrogen and oxygen atoms in total. The minimum absolute atomic E-state index is 0.915. The SMILES string of the molecule is CC/C=C(\C)c1cc(C)cc(C)c1N. The number of allylic oxidation sites excluding steroid dienone is 2. The molecule has 0 aliphatic heterocycles. The lowest BCUT2D eigenvalue weighted by atomic mass is 9.98. The second-order valence-electron chi connectivity index (χ2n) is 3.84. The molecule has 0 radical (unpaired) electrons. The lowest BCUT2D eigenvalue weighted by Crippen LogP contribution is -1.96. The predicted molar refractivity (Wildman–Crippen MR) is 64.3 cm³/mol. The van der Waals surface area contributed by atoms with Gasteiger partial charge in [-0.15, -0.1) is 0 Å². The fraction of sp³-hybridized carbons (Fsp3) is 0.385. The standard InChI is InChI=1S/C13H19N/c1-5-6-10(3)12-8-9(2)7-11(4)13(12)14/h6-8H,5,14H2,1-4H3/b10-6+. The van der Waals surface area contributed by atoms with Crippen molar-refractivity contribution in [3.63, 3.8) is 0 Å². The van der Waals surface area contributed by atoms with Gasteiger partial charge in [0.1, 0.15) is 0 Å². The third-order valence-electron chi connectivity index (χ3n) is 2.47. The molecule has 0 bridgehead atoms. The Morgan fingerprint density at radius 1 is 1.36 bits per heavy atom. The first-order valence-electron chi connectivity index (χ1n) is 5.10. The molecule has 0 aromatic heterocycles. The van der Waals surface area contributed by atoms with Gasteiger partial charge in [-0.05, 0) is 44.4 Å². The van der Waals surface area contributed by atoms with Gasteiger partial charge in [0.05, 0.1) is 0 Å². The van der Waals surface area contributed by atoms with E-state index in [9.17, 15) is 0 Å². The first-order chi connectivity index (χ1) is 6.56. The normalized spacial score (nSPS) is 11.9. The van der Waals surface area contributed by atoms with Gasteiger partial charge in [-0.2, -0.15) is 0 Å². The van der Waals surface area contributed by atoms with E-state index in [4.69, 9.17) is 5.73 Å². The largest absolute Gasteiger partial charge is 0.398 e. The van der Waals surface area contributed by atoms with Gasteiger partial charge in [-0.1, -0.05) is 24.6 Å². The zero-order chi connectivity index (χ0) is 10.7. The van der Waals surface area contributed by atoms with Crippen molar-refractivity contribution in [2.45, 2.75) is 34.1 Å². The molecule has 0 aliphatic rings. The molecule has 0 aliphatic carbocycles. The van der Waals surface area contributed by atoms with Crippen LogP contribution in [-0.4, -0.2) is 0 Å². The third-order valence-corrected chi connectivity index (χ3v) is 2.47. The van der Waals surface area contributed by atoms with Crippen molar-refractivity contribution in [1.29, 1.82) is 0 Å². The van der Waals surface area contributed by atoms with Crippen LogP contribution >= 0.6 is 0 Å². The Bertz CT molecular complexity index is 362. The lowest BCUT2D eigenvalue weighted by Gasteiger charge is -2.10. The molecule has 14 heavy (non-hydrogen) atoms. The summed E-state index contributed by atoms with van der Waals surface area (Å²) in [7, 11) is 0. The number of hydrogen-bond acceptors (Lipinski definition) is 1. The molecule has 0 fully saturated rings. The smallest absolute Gasteiger partial charge is 0.0420 e. The molecule has 0 atom stereocenters. The van der Waals surface area contributed by atoms with Gasteiger partial charge in [0.25, 0.3) is 0 Å². The summed E-state index contributed by atoms with van der Waals surface area (Å²) in [6.07, 6.45) is 3.27. The van der Waals surface area contributed by atoms with E-state index in [2.05, 4.69) is 45.9 Å². The monoisotopic (exact) mass is 189 g/mol. The van der Waals surface area contributed by atoms with Crippen molar-refractivity contribution >= 4 is 11.3 Å². The van der Waals surface area contributed by atoms with E-state index in [0.29, 0.717) is 0 Å². The molecule has 1 aromatic rings. The van der Waals surface area contributed by atoms with Crippen molar-refractivity contribution in [3.05, 3.63) is 34.9 Å². The van der Waals surface area contributed by atoms with Crippen molar-refractivity contribution < 1.29 is 0 Å². The van der Waals surface area contributed by atoms with Crippen LogP contribution in [0.2, 0.25) is 0 Å². The molecule has 2 N–H and O–H groups in total. The van der Waals surface area contributed by atoms with E-state index in [1.807, 2.05) is 0 Å². The van der Waals surface area contributed by atoms with Crippen molar-refractivity contribution in [2.24, 2.45) is 0 Å². The van der Waals surface area contributed by atoms with Gasteiger partial charge in [0.15, 0.2) is 0 Å². The highest BCUT2D eigenvalue weighted by molar-refractivity contribution is 5.76. The van der Waals surface area contributed by atoms with Gasteiger partial charge in [-0.3, -0.25) is 0 Å². The summed E-state index contributed by atoms with van der Waals surface area (Å²) in [5, 5.41) is 0. The van der Waals surface area contributed by atoms with Gasteiger partial charge < -0.3 is 5.73 Å². The second-order valence-corrected chi connectivity index (χ2v) is 3.84. The molecular weight excluding hydrogens is 170 g/mol. The van der Waals surface area contributed by atoms with E-state index < -0.39 is 0 Å². The zero-order valence-electron chi connectivity index (χ0n) is 9.52. The van der Waals surface area contributed by atoms with Crippen LogP contribution < -0.4 is 5.73 Å². The fourth-order valence-corrected chi connectivity index (χ4v) is 1.72. The van der Waals surface area contributed by atoms with Crippen molar-refractivity contribution in [1.82, 2.24) is 0 Å². The Balaban J connectivity index is 3.27. The predicted octanol–water partition coefficient (Wildman–Crippen LogP) is 3.70. The average molecular weight is 189 g/mol. The first kappa shape index (κ1) is 10.8. The topological polar surface area (TPSA) is 26.0 Å². The quantitative estimate of drug-likeness (QED) is 0.705. The van der Waals surface area contributed by atoms with Crippen LogP contribution in [0.3, 0.4) is 0 Å². The molecule has 0 saturated carbocycles. The molecular formula is C13H19N. The summed E-state index contributed by atoms with van der Waals surface area (Å²) < 4.78 is 0. The molecule has 76 valence electrons. The minimum atomic E-state index is 0.915. The van der Waals surface area contributed by atoms with E-state index in [1.54, 1.807) is 0 Å². The Hall–Kier alpha value is -1.24. The van der Waals surface area contributed by atoms with Crippen LogP contribution in [0.1, 0.15) is 37.0 Å². The van der Waals surface area contributed by atoms with Gasteiger partial charge in [0.2, 0.25) is 0 Å². The lowest BCUT2D eigenvalue weighted by molar-refractivity contribution is 1.22. The summed E-state index contributed by atoms with van der Waals surface area (Å²) in [5.74, 6) is 0. The maximum Gasteiger partial charge on any atom is 0.0420 e. The number of nitrogen functional groups attached to an aromatic ring is 1. The van der Waals surface area contributed by atoms with Crippen LogP contribution in [0, 0.1) is 13.8 Å². The molecule has 0 spiro atoms.